The van der Waals surface area contributed by atoms with Crippen LogP contribution in [0.5, 0.6) is 5.75 Å². The van der Waals surface area contributed by atoms with Gasteiger partial charge in [0.15, 0.2) is 34.7 Å². The van der Waals surface area contributed by atoms with Gasteiger partial charge in [-0.15, -0.1) is 0 Å². The van der Waals surface area contributed by atoms with Gasteiger partial charge < -0.3 is 20.8 Å². The van der Waals surface area contributed by atoms with Crippen LogP contribution in [0, 0.1) is 23.7 Å². The van der Waals surface area contributed by atoms with E-state index in [1.165, 1.54) is 4.90 Å². The Balaban J connectivity index is 1.67. The predicted octanol–water partition coefficient (Wildman–Crippen LogP) is 0.367. The number of carbonyl (C=O) groups excluding carboxylic acids is 5. The quantitative estimate of drug-likeness (QED) is 0.374. The van der Waals surface area contributed by atoms with Crippen molar-refractivity contribution in [2.24, 2.45) is 29.4 Å². The van der Waals surface area contributed by atoms with Crippen molar-refractivity contribution in [3.8, 4) is 5.75 Å². The molecule has 0 aromatic heterocycles. The molecular formula is C28H33N3O7. The van der Waals surface area contributed by atoms with E-state index in [0.717, 1.165) is 18.5 Å². The van der Waals surface area contributed by atoms with Crippen molar-refractivity contribution in [2.45, 2.75) is 43.2 Å². The Morgan fingerprint density at radius 2 is 1.79 bits per heavy atom. The van der Waals surface area contributed by atoms with Crippen LogP contribution in [0.2, 0.25) is 0 Å². The minimum absolute atomic E-state index is 0.0324. The zero-order valence-electron chi connectivity index (χ0n) is 21.9. The molecule has 202 valence electrons. The standard InChI is InChI=1S/C28H33N3O7/c1-30(2)17-11-14(12-7-5-6-8-12)22(32)19-15(17)9-13-10-16-21(31(3)4)24(34)20(27(29)37)26(36)28(16,38)25(35)18(13)23(19)33/h5,7,11-13,16,18,20-21,32,38H,6,8-10H2,1-4H3,(H2,29,37). The Bertz CT molecular complexity index is 1320. The highest BCUT2D eigenvalue weighted by molar-refractivity contribution is 6.32. The smallest absolute Gasteiger partial charge is 0.235 e. The van der Waals surface area contributed by atoms with Crippen LogP contribution in [0.15, 0.2) is 18.2 Å². The number of phenolic OH excluding ortho intramolecular Hbond substituents is 1. The Morgan fingerprint density at radius 3 is 2.34 bits per heavy atom. The molecule has 5 rings (SSSR count). The number of likely N-dealkylation sites (N-methyl/N-ethyl adjacent to an activating group) is 1. The predicted molar refractivity (Wildman–Crippen MR) is 137 cm³/mol. The van der Waals surface area contributed by atoms with Crippen molar-refractivity contribution in [3.63, 3.8) is 0 Å². The first kappa shape index (κ1) is 26.2. The van der Waals surface area contributed by atoms with Gasteiger partial charge in [0.2, 0.25) is 5.91 Å². The number of primary amides is 1. The molecule has 1 aromatic carbocycles. The van der Waals surface area contributed by atoms with Gasteiger partial charge >= 0.3 is 0 Å². The number of nitrogens with zero attached hydrogens (tertiary/aromatic N) is 2. The number of ketones is 4. The van der Waals surface area contributed by atoms with Crippen molar-refractivity contribution >= 4 is 34.7 Å². The maximum absolute atomic E-state index is 14.0. The van der Waals surface area contributed by atoms with Crippen molar-refractivity contribution in [1.82, 2.24) is 4.90 Å². The summed E-state index contributed by atoms with van der Waals surface area (Å²) in [5.41, 5.74) is 4.64. The summed E-state index contributed by atoms with van der Waals surface area (Å²) >= 11 is 0. The third-order valence-corrected chi connectivity index (χ3v) is 8.96. The normalized spacial score (nSPS) is 34.3. The fraction of sp³-hybridized carbons (Fsp3) is 0.536. The lowest BCUT2D eigenvalue weighted by molar-refractivity contribution is -0.181. The summed E-state index contributed by atoms with van der Waals surface area (Å²) in [5, 5.41) is 23.0. The molecule has 1 aromatic rings. The summed E-state index contributed by atoms with van der Waals surface area (Å²) in [6.07, 6.45) is 5.91. The number of anilines is 1. The first-order chi connectivity index (χ1) is 17.8. The van der Waals surface area contributed by atoms with Crippen LogP contribution in [0.25, 0.3) is 0 Å². The maximum atomic E-state index is 14.0. The Hall–Kier alpha value is -3.37. The Morgan fingerprint density at radius 1 is 1.11 bits per heavy atom. The number of aromatic hydroxyl groups is 1. The van der Waals surface area contributed by atoms with E-state index in [2.05, 4.69) is 0 Å². The van der Waals surface area contributed by atoms with E-state index in [0.29, 0.717) is 11.1 Å². The molecular weight excluding hydrogens is 490 g/mol. The first-order valence-electron chi connectivity index (χ1n) is 12.9. The zero-order valence-corrected chi connectivity index (χ0v) is 21.9. The van der Waals surface area contributed by atoms with Gasteiger partial charge in [-0.1, -0.05) is 12.2 Å². The topological polar surface area (TPSA) is 158 Å². The van der Waals surface area contributed by atoms with Gasteiger partial charge in [0, 0.05) is 37.2 Å². The lowest BCUT2D eigenvalue weighted by atomic mass is 9.52. The van der Waals surface area contributed by atoms with Crippen LogP contribution in [0.4, 0.5) is 5.69 Å². The summed E-state index contributed by atoms with van der Waals surface area (Å²) in [6.45, 7) is 0. The van der Waals surface area contributed by atoms with Crippen LogP contribution in [-0.2, 0) is 25.6 Å². The number of rotatable bonds is 4. The van der Waals surface area contributed by atoms with Gasteiger partial charge in [-0.2, -0.15) is 0 Å². The number of carbonyl (C=O) groups is 5. The Kier molecular flexibility index (Phi) is 6.11. The lowest BCUT2D eigenvalue weighted by Crippen LogP contribution is -2.74. The highest BCUT2D eigenvalue weighted by Crippen LogP contribution is 2.53. The molecule has 1 amide bonds. The molecule has 0 heterocycles. The fourth-order valence-electron chi connectivity index (χ4n) is 7.25. The summed E-state index contributed by atoms with van der Waals surface area (Å²) in [4.78, 5) is 70.1. The molecule has 2 fully saturated rings. The third kappa shape index (κ3) is 3.42. The van der Waals surface area contributed by atoms with Gasteiger partial charge in [0.1, 0.15) is 5.75 Å². The number of fused-ring (bicyclic) bond motifs is 3. The van der Waals surface area contributed by atoms with Gasteiger partial charge in [-0.05, 0) is 57.3 Å². The molecule has 10 heteroatoms. The van der Waals surface area contributed by atoms with Gasteiger partial charge in [-0.3, -0.25) is 28.9 Å². The second-order valence-electron chi connectivity index (χ2n) is 11.5. The second-order valence-corrected chi connectivity index (χ2v) is 11.5. The van der Waals surface area contributed by atoms with Crippen molar-refractivity contribution in [3.05, 3.63) is 34.9 Å². The monoisotopic (exact) mass is 523 g/mol. The molecule has 4 aliphatic carbocycles. The number of benzene rings is 1. The van der Waals surface area contributed by atoms with Crippen LogP contribution >= 0.6 is 0 Å². The van der Waals surface area contributed by atoms with E-state index in [1.54, 1.807) is 14.1 Å². The minimum Gasteiger partial charge on any atom is -0.507 e. The van der Waals surface area contributed by atoms with E-state index in [-0.39, 0.29) is 30.1 Å². The molecule has 7 atom stereocenters. The average Bonchev–Trinajstić information content (AvgIpc) is 3.35. The molecule has 4 N–H and O–H groups in total. The average molecular weight is 524 g/mol. The fourth-order valence-corrected chi connectivity index (χ4v) is 7.25. The first-order valence-corrected chi connectivity index (χ1v) is 12.9. The number of Topliss-reactive ketones (excluding diaryl/α,β-unsaturated/α-hetero) is 4. The molecule has 10 nitrogen and oxygen atoms in total. The van der Waals surface area contributed by atoms with E-state index < -0.39 is 64.4 Å². The van der Waals surface area contributed by atoms with E-state index in [9.17, 15) is 34.2 Å². The van der Waals surface area contributed by atoms with E-state index >= 15 is 0 Å². The van der Waals surface area contributed by atoms with Crippen molar-refractivity contribution in [2.75, 3.05) is 33.1 Å². The van der Waals surface area contributed by atoms with Crippen LogP contribution in [0.3, 0.4) is 0 Å². The maximum Gasteiger partial charge on any atom is 0.235 e. The van der Waals surface area contributed by atoms with Crippen molar-refractivity contribution < 1.29 is 34.2 Å². The molecule has 0 bridgehead atoms. The lowest BCUT2D eigenvalue weighted by Gasteiger charge is -2.52. The molecule has 4 aliphatic rings. The number of phenols is 1. The molecule has 2 saturated carbocycles. The van der Waals surface area contributed by atoms with Gasteiger partial charge in [0.25, 0.3) is 0 Å². The number of hydrogen-bond donors (Lipinski definition) is 3. The SMILES string of the molecule is CN(C)c1cc(C2C=CCC2)c(O)c2c1CC1CC3C(N(C)C)C(=O)C(C(N)=O)C(=O)C3(O)C(=O)C1C2=O. The highest BCUT2D eigenvalue weighted by Gasteiger charge is 2.69. The molecule has 38 heavy (non-hydrogen) atoms. The number of hydrogen-bond acceptors (Lipinski definition) is 9. The molecule has 0 saturated heterocycles. The third-order valence-electron chi connectivity index (χ3n) is 8.96. The van der Waals surface area contributed by atoms with Crippen LogP contribution in [0.1, 0.15) is 46.7 Å². The largest absolute Gasteiger partial charge is 0.507 e. The number of allylic oxidation sites excluding steroid dienone is 2. The summed E-state index contributed by atoms with van der Waals surface area (Å²) in [5.74, 6) is -10.3. The summed E-state index contributed by atoms with van der Waals surface area (Å²) in [6, 6.07) is 0.770. The minimum atomic E-state index is -2.72. The number of aliphatic hydroxyl groups is 1. The van der Waals surface area contributed by atoms with Gasteiger partial charge in [-0.25, -0.2) is 0 Å². The van der Waals surface area contributed by atoms with E-state index in [4.69, 9.17) is 5.73 Å². The summed E-state index contributed by atoms with van der Waals surface area (Å²) in [7, 11) is 6.81. The second kappa shape index (κ2) is 8.84. The molecule has 0 aliphatic heterocycles. The van der Waals surface area contributed by atoms with Crippen LogP contribution in [-0.4, -0.2) is 84.0 Å². The molecule has 7 unspecified atom stereocenters. The summed E-state index contributed by atoms with van der Waals surface area (Å²) < 4.78 is 0. The van der Waals surface area contributed by atoms with Crippen LogP contribution < -0.4 is 10.6 Å². The number of nitrogens with two attached hydrogens (primary N) is 1. The highest BCUT2D eigenvalue weighted by atomic mass is 16.3. The number of amides is 1. The zero-order chi connectivity index (χ0) is 27.8. The Labute approximate surface area is 220 Å². The molecule has 0 spiro atoms. The van der Waals surface area contributed by atoms with Crippen molar-refractivity contribution in [1.29, 1.82) is 0 Å². The molecule has 0 radical (unpaired) electrons. The van der Waals surface area contributed by atoms with Gasteiger partial charge in [0.05, 0.1) is 17.5 Å². The van der Waals surface area contributed by atoms with E-state index in [1.807, 2.05) is 37.2 Å².